The van der Waals surface area contributed by atoms with E-state index in [4.69, 9.17) is 29.4 Å². The first-order valence-corrected chi connectivity index (χ1v) is 18.5. The number of hydrogen-bond acceptors (Lipinski definition) is 8. The van der Waals surface area contributed by atoms with E-state index >= 15 is 0 Å². The maximum absolute atomic E-state index is 12.7. The number of aromatic amines is 2. The average molecular weight is 781 g/mol. The van der Waals surface area contributed by atoms with Crippen LogP contribution >= 0.6 is 0 Å². The van der Waals surface area contributed by atoms with Crippen molar-refractivity contribution < 1.29 is 19.1 Å². The van der Waals surface area contributed by atoms with Crippen molar-refractivity contribution in [1.29, 1.82) is 0 Å². The molecule has 8 aromatic rings. The third kappa shape index (κ3) is 6.86. The van der Waals surface area contributed by atoms with Crippen LogP contribution in [0.15, 0.2) is 109 Å². The zero-order valence-electron chi connectivity index (χ0n) is 32.0. The molecule has 0 bridgehead atoms. The fourth-order valence-corrected chi connectivity index (χ4v) is 7.40. The molecule has 4 aromatic heterocycles. The van der Waals surface area contributed by atoms with Gasteiger partial charge < -0.3 is 30.1 Å². The maximum atomic E-state index is 12.7. The third-order valence-electron chi connectivity index (χ3n) is 10.1. The van der Waals surface area contributed by atoms with Crippen LogP contribution in [0.25, 0.3) is 67.9 Å². The van der Waals surface area contributed by atoms with Crippen LogP contribution < -0.4 is 20.1 Å². The summed E-state index contributed by atoms with van der Waals surface area (Å²) in [7, 11) is 3.20. The van der Waals surface area contributed by atoms with Crippen molar-refractivity contribution in [2.45, 2.75) is 21.3 Å². The van der Waals surface area contributed by atoms with Crippen LogP contribution in [-0.2, 0) is 9.59 Å². The number of nitrogens with zero attached hydrogens (tertiary/aromatic N) is 4. The van der Waals surface area contributed by atoms with Crippen LogP contribution in [0.5, 0.6) is 11.5 Å². The largest absolute Gasteiger partial charge is 0.495 e. The molecule has 292 valence electrons. The molecule has 0 radical (unpaired) electrons. The molecule has 12 heteroatoms. The Balaban J connectivity index is 0.000000161. The van der Waals surface area contributed by atoms with Gasteiger partial charge in [0.05, 0.1) is 93.0 Å². The first kappa shape index (κ1) is 38.0. The van der Waals surface area contributed by atoms with Gasteiger partial charge in [-0.05, 0) is 62.4 Å². The Morgan fingerprint density at radius 1 is 0.525 bits per heavy atom. The monoisotopic (exact) mass is 780 g/mol. The van der Waals surface area contributed by atoms with Gasteiger partial charge >= 0.3 is 0 Å². The summed E-state index contributed by atoms with van der Waals surface area (Å²) in [4.78, 5) is 51.0. The van der Waals surface area contributed by atoms with E-state index < -0.39 is 0 Å². The van der Waals surface area contributed by atoms with Crippen LogP contribution in [0, 0.1) is 13.8 Å². The van der Waals surface area contributed by atoms with E-state index in [1.54, 1.807) is 38.8 Å². The highest BCUT2D eigenvalue weighted by molar-refractivity contribution is 6.38. The molecular weight excluding hydrogens is 741 g/mol. The quantitative estimate of drug-likeness (QED) is 0.121. The van der Waals surface area contributed by atoms with Gasteiger partial charge in [-0.15, -0.1) is 0 Å². The number of H-pyrrole nitrogens is 2. The van der Waals surface area contributed by atoms with Crippen molar-refractivity contribution in [1.82, 2.24) is 29.9 Å². The van der Waals surface area contributed by atoms with Gasteiger partial charge in [0, 0.05) is 34.6 Å². The molecule has 4 aromatic carbocycles. The second-order valence-corrected chi connectivity index (χ2v) is 13.7. The molecule has 0 aliphatic carbocycles. The highest BCUT2D eigenvalue weighted by Crippen LogP contribution is 2.41. The molecule has 0 atom stereocenters. The van der Waals surface area contributed by atoms with Gasteiger partial charge in [0.25, 0.3) is 11.8 Å². The van der Waals surface area contributed by atoms with Crippen molar-refractivity contribution in [3.05, 3.63) is 143 Å². The van der Waals surface area contributed by atoms with Crippen LogP contribution in [-0.4, -0.2) is 55.9 Å². The van der Waals surface area contributed by atoms with Gasteiger partial charge in [0.1, 0.15) is 11.5 Å². The number of nitrogens with one attached hydrogen (secondary N) is 4. The van der Waals surface area contributed by atoms with E-state index in [1.165, 1.54) is 0 Å². The van der Waals surface area contributed by atoms with E-state index in [2.05, 4.69) is 20.6 Å². The molecule has 0 fully saturated rings. The lowest BCUT2D eigenvalue weighted by Crippen LogP contribution is -2.03. The lowest BCUT2D eigenvalue weighted by molar-refractivity contribution is -0.111. The van der Waals surface area contributed by atoms with Crippen molar-refractivity contribution in [3.63, 3.8) is 0 Å². The first-order valence-electron chi connectivity index (χ1n) is 18.5. The minimum atomic E-state index is -0.173. The standard InChI is InChI=1S/2C23H18N4O2.CH4/c1-13-21(14-6-4-3-5-7-14)26-17-9-8-16-20(22(17)25-13)15(23(28)27-16)12-18-19(29-2)10-11-24-18;1-13-21(14-6-4-3-5-7-14)27-22-17(25-13)9-8-16-20(22)15(23(28)26-16)12-18-19(29-2)10-11-24-18;/h3-12,24H,1-2H3,(H,27,28);3-12,24H,1-2H3,(H,26,28);1H4/b2*15-12-;. The van der Waals surface area contributed by atoms with E-state index in [-0.39, 0.29) is 19.2 Å². The Morgan fingerprint density at radius 2 is 0.966 bits per heavy atom. The van der Waals surface area contributed by atoms with Gasteiger partial charge in [0.15, 0.2) is 0 Å². The van der Waals surface area contributed by atoms with E-state index in [9.17, 15) is 9.59 Å². The number of carbonyl (C=O) groups excluding carboxylic acids is 2. The number of aromatic nitrogens is 6. The summed E-state index contributed by atoms with van der Waals surface area (Å²) >= 11 is 0. The zero-order chi connectivity index (χ0) is 39.9. The van der Waals surface area contributed by atoms with E-state index in [0.29, 0.717) is 33.7 Å². The number of methoxy groups -OCH3 is 2. The third-order valence-corrected chi connectivity index (χ3v) is 10.1. The topological polar surface area (TPSA) is 160 Å². The number of benzene rings is 4. The highest BCUT2D eigenvalue weighted by atomic mass is 16.5. The fraction of sp³-hybridized carbons (Fsp3) is 0.106. The van der Waals surface area contributed by atoms with Crippen molar-refractivity contribution in [2.75, 3.05) is 24.9 Å². The van der Waals surface area contributed by atoms with Gasteiger partial charge in [-0.1, -0.05) is 68.1 Å². The molecule has 0 saturated heterocycles. The SMILES string of the molecule is C.COc1cc[nH]c1/C=C1\C(=O)Nc2ccc3nc(-c4ccccc4)c(C)nc3c21.COc1cc[nH]c1/C=C1\C(=O)Nc2ccc3nc(C)c(-c4ccccc4)nc3c21. The van der Waals surface area contributed by atoms with Crippen LogP contribution in [0.2, 0.25) is 0 Å². The molecule has 12 nitrogen and oxygen atoms in total. The summed E-state index contributed by atoms with van der Waals surface area (Å²) in [5.41, 5.74) is 13.7. The highest BCUT2D eigenvalue weighted by Gasteiger charge is 2.30. The number of fused-ring (bicyclic) bond motifs is 6. The number of aryl methyl sites for hydroxylation is 2. The summed E-state index contributed by atoms with van der Waals surface area (Å²) in [6.07, 6.45) is 7.14. The predicted molar refractivity (Wildman–Crippen MR) is 234 cm³/mol. The molecule has 2 aliphatic heterocycles. The Labute approximate surface area is 340 Å². The first-order chi connectivity index (χ1) is 28.3. The molecular formula is C47H40N8O4. The Morgan fingerprint density at radius 3 is 1.46 bits per heavy atom. The Kier molecular flexibility index (Phi) is 10.0. The van der Waals surface area contributed by atoms with Crippen molar-refractivity contribution >= 4 is 68.6 Å². The zero-order valence-corrected chi connectivity index (χ0v) is 32.0. The van der Waals surface area contributed by atoms with E-state index in [0.717, 1.165) is 78.8 Å². The molecule has 2 amide bonds. The minimum absolute atomic E-state index is 0. The lowest BCUT2D eigenvalue weighted by Gasteiger charge is -2.10. The summed E-state index contributed by atoms with van der Waals surface area (Å²) in [6, 6.07) is 31.1. The average Bonchev–Trinajstić information content (AvgIpc) is 4.04. The summed E-state index contributed by atoms with van der Waals surface area (Å²) in [5.74, 6) is 1.00. The van der Waals surface area contributed by atoms with Crippen LogP contribution in [0.3, 0.4) is 0 Å². The molecule has 4 N–H and O–H groups in total. The smallest absolute Gasteiger partial charge is 0.256 e. The maximum Gasteiger partial charge on any atom is 0.256 e. The molecule has 2 aliphatic rings. The van der Waals surface area contributed by atoms with Crippen LogP contribution in [0.4, 0.5) is 11.4 Å². The summed E-state index contributed by atoms with van der Waals surface area (Å²) < 4.78 is 10.7. The van der Waals surface area contributed by atoms with Gasteiger partial charge in [-0.2, -0.15) is 0 Å². The molecule has 6 heterocycles. The van der Waals surface area contributed by atoms with E-state index in [1.807, 2.05) is 111 Å². The van der Waals surface area contributed by atoms with Crippen LogP contribution in [0.1, 0.15) is 41.3 Å². The Hall–Kier alpha value is -7.86. The number of amides is 2. The molecule has 0 unspecified atom stereocenters. The summed E-state index contributed by atoms with van der Waals surface area (Å²) in [5, 5.41) is 5.86. The second-order valence-electron chi connectivity index (χ2n) is 13.7. The fourth-order valence-electron chi connectivity index (χ4n) is 7.40. The lowest BCUT2D eigenvalue weighted by atomic mass is 10.0. The number of rotatable bonds is 6. The van der Waals surface area contributed by atoms with Gasteiger partial charge in [-0.3, -0.25) is 9.59 Å². The molecule has 59 heavy (non-hydrogen) atoms. The van der Waals surface area contributed by atoms with Gasteiger partial charge in [-0.25, -0.2) is 19.9 Å². The molecule has 10 rings (SSSR count). The number of anilines is 2. The predicted octanol–water partition coefficient (Wildman–Crippen LogP) is 9.51. The number of carbonyl (C=O) groups is 2. The number of hydrogen-bond donors (Lipinski definition) is 4. The molecule has 0 saturated carbocycles. The second kappa shape index (κ2) is 15.6. The van der Waals surface area contributed by atoms with Gasteiger partial charge in [0.2, 0.25) is 0 Å². The van der Waals surface area contributed by atoms with Crippen molar-refractivity contribution in [2.24, 2.45) is 0 Å². The Bertz CT molecular complexity index is 2980. The molecule has 0 spiro atoms. The minimum Gasteiger partial charge on any atom is -0.495 e. The summed E-state index contributed by atoms with van der Waals surface area (Å²) in [6.45, 7) is 3.89. The number of ether oxygens (including phenoxy) is 2. The van der Waals surface area contributed by atoms with Crippen molar-refractivity contribution in [3.8, 4) is 34.0 Å². The normalized spacial score (nSPS) is 14.0.